The summed E-state index contributed by atoms with van der Waals surface area (Å²) in [4.78, 5) is 9.41. The van der Waals surface area contributed by atoms with Gasteiger partial charge in [-0.1, -0.05) is 18.7 Å². The first-order chi connectivity index (χ1) is 6.07. The summed E-state index contributed by atoms with van der Waals surface area (Å²) in [6.45, 7) is 4.97. The lowest BCUT2D eigenvalue weighted by molar-refractivity contribution is -0.104. The summed E-state index contributed by atoms with van der Waals surface area (Å²) in [5.41, 5.74) is 6.27. The van der Waals surface area contributed by atoms with Crippen LogP contribution in [0.25, 0.3) is 0 Å². The number of allylic oxidation sites excluding steroid dienone is 1. The van der Waals surface area contributed by atoms with Crippen molar-refractivity contribution >= 4 is 12.0 Å². The predicted octanol–water partition coefficient (Wildman–Crippen LogP) is 1.74. The minimum Gasteiger partial charge on any atom is -0.506 e. The summed E-state index contributed by atoms with van der Waals surface area (Å²) in [5, 5.41) is 8.79. The van der Waals surface area contributed by atoms with Gasteiger partial charge >= 0.3 is 0 Å². The molecule has 0 heterocycles. The van der Waals surface area contributed by atoms with E-state index in [-0.39, 0.29) is 5.75 Å². The number of carbonyl (C=O) groups is 1. The van der Waals surface area contributed by atoms with Crippen molar-refractivity contribution in [3.63, 3.8) is 0 Å². The normalized spacial score (nSPS) is 8.08. The second-order valence-corrected chi connectivity index (χ2v) is 2.52. The molecule has 13 heavy (non-hydrogen) atoms. The second kappa shape index (κ2) is 5.83. The SMILES string of the molecule is C=C(C)C=O.Nc1ccccc1O. The number of carbonyl (C=O) groups excluding carboxylic acids is 1. The molecule has 0 bridgehead atoms. The van der Waals surface area contributed by atoms with Gasteiger partial charge in [0.2, 0.25) is 0 Å². The maximum atomic E-state index is 9.41. The van der Waals surface area contributed by atoms with Gasteiger partial charge in [0.1, 0.15) is 12.0 Å². The first-order valence-electron chi connectivity index (χ1n) is 3.72. The number of nitrogen functional groups attached to an aromatic ring is 1. The number of aldehydes is 1. The lowest BCUT2D eigenvalue weighted by atomic mass is 10.3. The zero-order valence-corrected chi connectivity index (χ0v) is 7.53. The Morgan fingerprint density at radius 3 is 2.23 bits per heavy atom. The van der Waals surface area contributed by atoms with Crippen LogP contribution in [0.4, 0.5) is 5.69 Å². The average molecular weight is 179 g/mol. The van der Waals surface area contributed by atoms with Crippen LogP contribution in [0.2, 0.25) is 0 Å². The molecule has 1 aromatic rings. The molecule has 0 atom stereocenters. The van der Waals surface area contributed by atoms with Gasteiger partial charge in [-0.2, -0.15) is 0 Å². The van der Waals surface area contributed by atoms with E-state index in [1.54, 1.807) is 31.2 Å². The summed E-state index contributed by atoms with van der Waals surface area (Å²) in [7, 11) is 0. The molecule has 0 saturated carbocycles. The molecule has 0 amide bonds. The fourth-order valence-electron chi connectivity index (χ4n) is 0.488. The van der Waals surface area contributed by atoms with Gasteiger partial charge in [-0.25, -0.2) is 0 Å². The van der Waals surface area contributed by atoms with E-state index < -0.39 is 0 Å². The van der Waals surface area contributed by atoms with Crippen molar-refractivity contribution in [2.45, 2.75) is 6.92 Å². The summed E-state index contributed by atoms with van der Waals surface area (Å²) in [6, 6.07) is 6.70. The number of benzene rings is 1. The first-order valence-corrected chi connectivity index (χ1v) is 3.72. The van der Waals surface area contributed by atoms with Crippen LogP contribution in [0.15, 0.2) is 36.4 Å². The quantitative estimate of drug-likeness (QED) is 0.299. The number of anilines is 1. The van der Waals surface area contributed by atoms with Crippen molar-refractivity contribution in [3.8, 4) is 5.75 Å². The number of rotatable bonds is 1. The minimum absolute atomic E-state index is 0.146. The van der Waals surface area contributed by atoms with Gasteiger partial charge in [-0.05, 0) is 24.6 Å². The Bertz CT molecular complexity index is 274. The fourth-order valence-corrected chi connectivity index (χ4v) is 0.488. The third-order valence-corrected chi connectivity index (χ3v) is 1.14. The lowest BCUT2D eigenvalue weighted by Gasteiger charge is -1.92. The van der Waals surface area contributed by atoms with Gasteiger partial charge < -0.3 is 10.8 Å². The van der Waals surface area contributed by atoms with Crippen LogP contribution < -0.4 is 5.73 Å². The molecule has 1 aromatic carbocycles. The van der Waals surface area contributed by atoms with Gasteiger partial charge in [-0.15, -0.1) is 0 Å². The van der Waals surface area contributed by atoms with E-state index in [0.29, 0.717) is 11.3 Å². The molecule has 0 radical (unpaired) electrons. The number of para-hydroxylation sites is 2. The number of aromatic hydroxyl groups is 1. The van der Waals surface area contributed by atoms with E-state index in [9.17, 15) is 4.79 Å². The van der Waals surface area contributed by atoms with Crippen molar-refractivity contribution in [1.82, 2.24) is 0 Å². The summed E-state index contributed by atoms with van der Waals surface area (Å²) in [5.74, 6) is 0.146. The lowest BCUT2D eigenvalue weighted by Crippen LogP contribution is -1.82. The molecule has 0 aliphatic rings. The summed E-state index contributed by atoms with van der Waals surface area (Å²) >= 11 is 0. The standard InChI is InChI=1S/C6H7NO.C4H6O/c7-5-3-1-2-4-6(5)8;1-4(2)3-5/h1-4,8H,7H2;3H,1H2,2H3. The van der Waals surface area contributed by atoms with E-state index in [0.717, 1.165) is 6.29 Å². The molecule has 3 heteroatoms. The molecule has 3 nitrogen and oxygen atoms in total. The topological polar surface area (TPSA) is 63.3 Å². The first kappa shape index (κ1) is 11.2. The van der Waals surface area contributed by atoms with Gasteiger partial charge in [0, 0.05) is 0 Å². The minimum atomic E-state index is 0.146. The molecule has 0 saturated heterocycles. The molecule has 0 aliphatic heterocycles. The summed E-state index contributed by atoms with van der Waals surface area (Å²) < 4.78 is 0. The zero-order chi connectivity index (χ0) is 10.3. The van der Waals surface area contributed by atoms with E-state index >= 15 is 0 Å². The second-order valence-electron chi connectivity index (χ2n) is 2.52. The number of hydrogen-bond acceptors (Lipinski definition) is 3. The Morgan fingerprint density at radius 1 is 1.54 bits per heavy atom. The van der Waals surface area contributed by atoms with Crippen LogP contribution in [-0.4, -0.2) is 11.4 Å². The molecule has 0 aromatic heterocycles. The molecule has 3 N–H and O–H groups in total. The molecule has 0 unspecified atom stereocenters. The Morgan fingerprint density at radius 2 is 2.00 bits per heavy atom. The third-order valence-electron chi connectivity index (χ3n) is 1.14. The van der Waals surface area contributed by atoms with Crippen LogP contribution in [0.3, 0.4) is 0 Å². The van der Waals surface area contributed by atoms with E-state index in [1.807, 2.05) is 0 Å². The average Bonchev–Trinajstić information content (AvgIpc) is 2.11. The zero-order valence-electron chi connectivity index (χ0n) is 7.53. The van der Waals surface area contributed by atoms with Gasteiger partial charge in [0.05, 0.1) is 5.69 Å². The van der Waals surface area contributed by atoms with Crippen molar-refractivity contribution < 1.29 is 9.90 Å². The van der Waals surface area contributed by atoms with E-state index in [1.165, 1.54) is 0 Å². The van der Waals surface area contributed by atoms with Gasteiger partial charge in [-0.3, -0.25) is 4.79 Å². The smallest absolute Gasteiger partial charge is 0.145 e. The molecule has 0 fully saturated rings. The molecule has 70 valence electrons. The van der Waals surface area contributed by atoms with Gasteiger partial charge in [0.15, 0.2) is 0 Å². The highest BCUT2D eigenvalue weighted by Gasteiger charge is 1.87. The predicted molar refractivity (Wildman–Crippen MR) is 53.4 cm³/mol. The molecule has 0 aliphatic carbocycles. The van der Waals surface area contributed by atoms with Gasteiger partial charge in [0.25, 0.3) is 0 Å². The maximum Gasteiger partial charge on any atom is 0.145 e. The molecular weight excluding hydrogens is 166 g/mol. The van der Waals surface area contributed by atoms with Crippen molar-refractivity contribution in [1.29, 1.82) is 0 Å². The number of phenolic OH excluding ortho intramolecular Hbond substituents is 1. The van der Waals surface area contributed by atoms with Crippen LogP contribution in [0.1, 0.15) is 6.92 Å². The van der Waals surface area contributed by atoms with Crippen LogP contribution in [0, 0.1) is 0 Å². The van der Waals surface area contributed by atoms with Crippen LogP contribution >= 0.6 is 0 Å². The van der Waals surface area contributed by atoms with E-state index in [2.05, 4.69) is 6.58 Å². The highest BCUT2D eigenvalue weighted by Crippen LogP contribution is 2.16. The Kier molecular flexibility index (Phi) is 5.03. The third kappa shape index (κ3) is 5.49. The van der Waals surface area contributed by atoms with E-state index in [4.69, 9.17) is 10.8 Å². The van der Waals surface area contributed by atoms with Crippen molar-refractivity contribution in [2.75, 3.05) is 5.73 Å². The largest absolute Gasteiger partial charge is 0.506 e. The van der Waals surface area contributed by atoms with Crippen molar-refractivity contribution in [2.24, 2.45) is 0 Å². The monoisotopic (exact) mass is 179 g/mol. The fraction of sp³-hybridized carbons (Fsp3) is 0.100. The Hall–Kier alpha value is -1.77. The maximum absolute atomic E-state index is 9.41. The number of hydrogen-bond donors (Lipinski definition) is 2. The Balaban J connectivity index is 0.000000252. The van der Waals surface area contributed by atoms with Crippen LogP contribution in [-0.2, 0) is 4.79 Å². The number of phenols is 1. The molecular formula is C10H13NO2. The molecule has 1 rings (SSSR count). The highest BCUT2D eigenvalue weighted by molar-refractivity contribution is 5.70. The Labute approximate surface area is 77.5 Å². The molecule has 0 spiro atoms. The van der Waals surface area contributed by atoms with Crippen molar-refractivity contribution in [3.05, 3.63) is 36.4 Å². The summed E-state index contributed by atoms with van der Waals surface area (Å²) in [6.07, 6.45) is 0.722. The van der Waals surface area contributed by atoms with Crippen LogP contribution in [0.5, 0.6) is 5.75 Å². The highest BCUT2D eigenvalue weighted by atomic mass is 16.3. The number of nitrogens with two attached hydrogens (primary N) is 1.